The second kappa shape index (κ2) is 10.4. The molecule has 1 amide bonds. The molecule has 2 aromatic carbocycles. The second-order valence-corrected chi connectivity index (χ2v) is 10.9. The SMILES string of the molecule is CC(C)(C)OC(=O)N1CCc2cc(-c3cnc(C4CC4)nc3)ccc2C1.c1ccc2c(c1)CCNC2. The fourth-order valence-electron chi connectivity index (χ4n) is 4.67. The molecule has 1 saturated carbocycles. The van der Waals surface area contributed by atoms with Gasteiger partial charge in [0, 0.05) is 43.5 Å². The Kier molecular flexibility index (Phi) is 7.06. The highest BCUT2D eigenvalue weighted by Crippen LogP contribution is 2.38. The summed E-state index contributed by atoms with van der Waals surface area (Å²) in [5.74, 6) is 1.55. The molecule has 6 rings (SSSR count). The number of hydrogen-bond acceptors (Lipinski definition) is 5. The molecule has 0 bridgehead atoms. The third-order valence-electron chi connectivity index (χ3n) is 6.82. The first-order valence-corrected chi connectivity index (χ1v) is 13.1. The standard InChI is InChI=1S/C21H25N3O2.C9H11N/c1-21(2,3)26-20(25)24-9-8-16-10-15(6-7-17(16)13-24)18-11-22-19(23-12-18)14-4-5-14;1-2-4-9-7-10-6-5-8(9)3-1/h6-7,10-12,14H,4-5,8-9,13H2,1-3H3;1-4,10H,5-7H2. The average Bonchev–Trinajstić information content (AvgIpc) is 3.73. The number of amides is 1. The van der Waals surface area contributed by atoms with E-state index in [1.54, 1.807) is 4.90 Å². The molecule has 0 atom stereocenters. The van der Waals surface area contributed by atoms with Gasteiger partial charge in [0.05, 0.1) is 0 Å². The lowest BCUT2D eigenvalue weighted by molar-refractivity contribution is 0.0224. The van der Waals surface area contributed by atoms with Gasteiger partial charge in [-0.2, -0.15) is 0 Å². The molecular formula is C30H36N4O2. The molecule has 1 N–H and O–H groups in total. The molecule has 3 heterocycles. The van der Waals surface area contributed by atoms with E-state index < -0.39 is 5.60 Å². The van der Waals surface area contributed by atoms with E-state index in [9.17, 15) is 4.79 Å². The van der Waals surface area contributed by atoms with E-state index in [1.807, 2.05) is 33.2 Å². The zero-order chi connectivity index (χ0) is 25.1. The Hall–Kier alpha value is -3.25. The van der Waals surface area contributed by atoms with Crippen molar-refractivity contribution in [2.45, 2.75) is 71.1 Å². The molecule has 1 fully saturated rings. The maximum Gasteiger partial charge on any atom is 0.410 e. The van der Waals surface area contributed by atoms with Crippen LogP contribution in [0.15, 0.2) is 54.9 Å². The molecule has 0 saturated heterocycles. The summed E-state index contributed by atoms with van der Waals surface area (Å²) in [6.45, 7) is 9.15. The molecular weight excluding hydrogens is 448 g/mol. The van der Waals surface area contributed by atoms with E-state index >= 15 is 0 Å². The van der Waals surface area contributed by atoms with Gasteiger partial charge in [-0.25, -0.2) is 14.8 Å². The van der Waals surface area contributed by atoms with Crippen LogP contribution in [0.3, 0.4) is 0 Å². The van der Waals surface area contributed by atoms with Crippen molar-refractivity contribution in [3.8, 4) is 11.1 Å². The van der Waals surface area contributed by atoms with Crippen molar-refractivity contribution in [2.24, 2.45) is 0 Å². The first kappa shape index (κ1) is 24.4. The Morgan fingerprint density at radius 2 is 1.69 bits per heavy atom. The number of nitrogens with zero attached hydrogens (tertiary/aromatic N) is 3. The fraction of sp³-hybridized carbons (Fsp3) is 0.433. The van der Waals surface area contributed by atoms with Crippen LogP contribution >= 0.6 is 0 Å². The van der Waals surface area contributed by atoms with Crippen LogP contribution in [0, 0.1) is 0 Å². The van der Waals surface area contributed by atoms with Gasteiger partial charge in [0.15, 0.2) is 0 Å². The summed E-state index contributed by atoms with van der Waals surface area (Å²) >= 11 is 0. The van der Waals surface area contributed by atoms with Gasteiger partial charge in [-0.05, 0) is 80.8 Å². The van der Waals surface area contributed by atoms with Crippen molar-refractivity contribution in [3.05, 3.63) is 82.9 Å². The molecule has 3 aliphatic rings. The summed E-state index contributed by atoms with van der Waals surface area (Å²) in [5, 5.41) is 3.34. The Labute approximate surface area is 214 Å². The lowest BCUT2D eigenvalue weighted by Crippen LogP contribution is -2.39. The normalized spacial score (nSPS) is 16.8. The van der Waals surface area contributed by atoms with Crippen LogP contribution in [0.5, 0.6) is 0 Å². The summed E-state index contributed by atoms with van der Waals surface area (Å²) in [7, 11) is 0. The van der Waals surface area contributed by atoms with Gasteiger partial charge < -0.3 is 15.0 Å². The van der Waals surface area contributed by atoms with Gasteiger partial charge in [-0.3, -0.25) is 0 Å². The molecule has 0 radical (unpaired) electrons. The largest absolute Gasteiger partial charge is 0.444 e. The minimum Gasteiger partial charge on any atom is -0.444 e. The first-order chi connectivity index (χ1) is 17.4. The lowest BCUT2D eigenvalue weighted by atomic mass is 9.95. The van der Waals surface area contributed by atoms with Crippen molar-refractivity contribution in [1.82, 2.24) is 20.2 Å². The second-order valence-electron chi connectivity index (χ2n) is 10.9. The summed E-state index contributed by atoms with van der Waals surface area (Å²) in [6.07, 6.45) is 8.07. The maximum absolute atomic E-state index is 12.3. The maximum atomic E-state index is 12.3. The number of benzene rings is 2. The molecule has 2 aliphatic heterocycles. The molecule has 0 spiro atoms. The van der Waals surface area contributed by atoms with E-state index in [1.165, 1.54) is 41.5 Å². The molecule has 1 aliphatic carbocycles. The predicted molar refractivity (Wildman–Crippen MR) is 142 cm³/mol. The van der Waals surface area contributed by atoms with Crippen LogP contribution in [-0.2, 0) is 30.7 Å². The molecule has 1 aromatic heterocycles. The number of nitrogens with one attached hydrogen (secondary N) is 1. The molecule has 3 aromatic rings. The van der Waals surface area contributed by atoms with Crippen molar-refractivity contribution in [3.63, 3.8) is 0 Å². The summed E-state index contributed by atoms with van der Waals surface area (Å²) < 4.78 is 5.49. The third-order valence-corrected chi connectivity index (χ3v) is 6.82. The van der Waals surface area contributed by atoms with Gasteiger partial charge in [0.25, 0.3) is 0 Å². The number of carbonyl (C=O) groups excluding carboxylic acids is 1. The minimum absolute atomic E-state index is 0.240. The highest BCUT2D eigenvalue weighted by molar-refractivity contribution is 5.69. The number of ether oxygens (including phenoxy) is 1. The average molecular weight is 485 g/mol. The van der Waals surface area contributed by atoms with Crippen molar-refractivity contribution in [2.75, 3.05) is 13.1 Å². The summed E-state index contributed by atoms with van der Waals surface area (Å²) in [4.78, 5) is 23.1. The number of fused-ring (bicyclic) bond motifs is 2. The van der Waals surface area contributed by atoms with Gasteiger partial charge in [0.1, 0.15) is 11.4 Å². The Morgan fingerprint density at radius 1 is 0.944 bits per heavy atom. The van der Waals surface area contributed by atoms with Crippen molar-refractivity contribution >= 4 is 6.09 Å². The molecule has 0 unspecified atom stereocenters. The summed E-state index contributed by atoms with van der Waals surface area (Å²) in [6, 6.07) is 15.0. The first-order valence-electron chi connectivity index (χ1n) is 13.1. The monoisotopic (exact) mass is 484 g/mol. The van der Waals surface area contributed by atoms with Crippen molar-refractivity contribution in [1.29, 1.82) is 0 Å². The highest BCUT2D eigenvalue weighted by Gasteiger charge is 2.27. The van der Waals surface area contributed by atoms with Crippen LogP contribution in [0.4, 0.5) is 4.79 Å². The Morgan fingerprint density at radius 3 is 2.39 bits per heavy atom. The summed E-state index contributed by atoms with van der Waals surface area (Å²) in [5.41, 5.74) is 7.17. The number of rotatable bonds is 2. The Balaban J connectivity index is 0.000000222. The van der Waals surface area contributed by atoms with Gasteiger partial charge >= 0.3 is 6.09 Å². The van der Waals surface area contributed by atoms with Crippen LogP contribution in [-0.4, -0.2) is 39.7 Å². The zero-order valence-corrected chi connectivity index (χ0v) is 21.6. The minimum atomic E-state index is -0.464. The van der Waals surface area contributed by atoms with Gasteiger partial charge in [-0.15, -0.1) is 0 Å². The zero-order valence-electron chi connectivity index (χ0n) is 21.6. The van der Waals surface area contributed by atoms with E-state index in [-0.39, 0.29) is 6.09 Å². The fourth-order valence-corrected chi connectivity index (χ4v) is 4.67. The Bertz CT molecular complexity index is 1190. The highest BCUT2D eigenvalue weighted by atomic mass is 16.6. The van der Waals surface area contributed by atoms with E-state index in [0.717, 1.165) is 36.5 Å². The third kappa shape index (κ3) is 6.11. The number of hydrogen-bond donors (Lipinski definition) is 1. The molecule has 188 valence electrons. The van der Waals surface area contributed by atoms with Crippen LogP contribution in [0.2, 0.25) is 0 Å². The van der Waals surface area contributed by atoms with Gasteiger partial charge in [-0.1, -0.05) is 42.5 Å². The van der Waals surface area contributed by atoms with Crippen LogP contribution < -0.4 is 5.32 Å². The van der Waals surface area contributed by atoms with Crippen LogP contribution in [0.1, 0.15) is 67.6 Å². The van der Waals surface area contributed by atoms with Crippen molar-refractivity contribution < 1.29 is 9.53 Å². The smallest absolute Gasteiger partial charge is 0.410 e. The molecule has 6 nitrogen and oxygen atoms in total. The van der Waals surface area contributed by atoms with Crippen LogP contribution in [0.25, 0.3) is 11.1 Å². The topological polar surface area (TPSA) is 67.3 Å². The molecule has 6 heteroatoms. The van der Waals surface area contributed by atoms with E-state index in [0.29, 0.717) is 19.0 Å². The van der Waals surface area contributed by atoms with Gasteiger partial charge in [0.2, 0.25) is 0 Å². The van der Waals surface area contributed by atoms with E-state index in [4.69, 9.17) is 4.74 Å². The number of aromatic nitrogens is 2. The molecule has 36 heavy (non-hydrogen) atoms. The quantitative estimate of drug-likeness (QED) is 0.509. The predicted octanol–water partition coefficient (Wildman–Crippen LogP) is 5.65. The van der Waals surface area contributed by atoms with E-state index in [2.05, 4.69) is 57.7 Å². The lowest BCUT2D eigenvalue weighted by Gasteiger charge is -2.31. The number of carbonyl (C=O) groups is 1.